The number of hydrogen-bond acceptors (Lipinski definition) is 3. The summed E-state index contributed by atoms with van der Waals surface area (Å²) in [5, 5.41) is 0. The van der Waals surface area contributed by atoms with E-state index in [1.54, 1.807) is 0 Å². The van der Waals surface area contributed by atoms with Crippen LogP contribution in [-0.4, -0.2) is 19.9 Å². The average molecular weight is 554 g/mol. The van der Waals surface area contributed by atoms with Crippen molar-refractivity contribution in [2.45, 2.75) is 0 Å². The van der Waals surface area contributed by atoms with Crippen LogP contribution in [0.25, 0.3) is 79.8 Å². The van der Waals surface area contributed by atoms with Crippen molar-refractivity contribution in [1.29, 1.82) is 0 Å². The predicted molar refractivity (Wildman–Crippen MR) is 180 cm³/mol. The van der Waals surface area contributed by atoms with Gasteiger partial charge in [-0.1, -0.05) is 91.0 Å². The number of anilines is 1. The van der Waals surface area contributed by atoms with Crippen LogP contribution in [0.4, 0.5) is 5.69 Å². The summed E-state index contributed by atoms with van der Waals surface area (Å²) >= 11 is 0. The van der Waals surface area contributed by atoms with Crippen molar-refractivity contribution in [3.8, 4) is 33.4 Å². The molecule has 8 rings (SSSR count). The molecule has 4 N–H and O–H groups in total. The van der Waals surface area contributed by atoms with E-state index >= 15 is 0 Å². The van der Waals surface area contributed by atoms with Gasteiger partial charge in [-0.2, -0.15) is 0 Å². The molecular formula is C38H27N5. The van der Waals surface area contributed by atoms with E-state index in [1.165, 1.54) is 0 Å². The van der Waals surface area contributed by atoms with Gasteiger partial charge in [-0.25, -0.2) is 9.97 Å². The third kappa shape index (κ3) is 4.44. The lowest BCUT2D eigenvalue weighted by molar-refractivity contribution is 1.31. The number of fused-ring (bicyclic) bond motifs is 8. The lowest BCUT2D eigenvalue weighted by Crippen LogP contribution is -1.89. The molecule has 3 aromatic carbocycles. The number of nitrogens with two attached hydrogens (primary N) is 1. The third-order valence-corrected chi connectivity index (χ3v) is 7.92. The topological polar surface area (TPSA) is 83.4 Å². The fourth-order valence-corrected chi connectivity index (χ4v) is 5.96. The van der Waals surface area contributed by atoms with Gasteiger partial charge >= 0.3 is 0 Å². The number of H-pyrrole nitrogens is 2. The molecule has 8 bridgehead atoms. The van der Waals surface area contributed by atoms with E-state index in [0.29, 0.717) is 5.69 Å². The van der Waals surface area contributed by atoms with Gasteiger partial charge in [0.1, 0.15) is 0 Å². The van der Waals surface area contributed by atoms with Gasteiger partial charge in [0, 0.05) is 27.7 Å². The number of benzene rings is 3. The van der Waals surface area contributed by atoms with Crippen molar-refractivity contribution in [2.24, 2.45) is 0 Å². The highest BCUT2D eigenvalue weighted by Gasteiger charge is 2.19. The molecule has 0 unspecified atom stereocenters. The fourth-order valence-electron chi connectivity index (χ4n) is 5.96. The molecule has 5 nitrogen and oxygen atoms in total. The fraction of sp³-hybridized carbons (Fsp3) is 0. The molecule has 0 fully saturated rings. The van der Waals surface area contributed by atoms with E-state index in [0.717, 1.165) is 78.2 Å². The summed E-state index contributed by atoms with van der Waals surface area (Å²) < 4.78 is 0. The average Bonchev–Trinajstić information content (AvgIpc) is 3.85. The molecule has 3 aromatic heterocycles. The summed E-state index contributed by atoms with van der Waals surface area (Å²) in [6.07, 6.45) is 8.25. The quantitative estimate of drug-likeness (QED) is 0.204. The molecule has 0 radical (unpaired) electrons. The zero-order valence-electron chi connectivity index (χ0n) is 23.3. The minimum absolute atomic E-state index is 0.669. The first-order valence-electron chi connectivity index (χ1n) is 14.3. The summed E-state index contributed by atoms with van der Waals surface area (Å²) in [5.74, 6) is 0. The van der Waals surface area contributed by atoms with Crippen molar-refractivity contribution < 1.29 is 0 Å². The van der Waals surface area contributed by atoms with Gasteiger partial charge in [-0.15, -0.1) is 0 Å². The van der Waals surface area contributed by atoms with Gasteiger partial charge in [-0.3, -0.25) is 0 Å². The van der Waals surface area contributed by atoms with Crippen LogP contribution in [0, 0.1) is 0 Å². The van der Waals surface area contributed by atoms with Gasteiger partial charge in [-0.05, 0) is 65.3 Å². The van der Waals surface area contributed by atoms with Gasteiger partial charge in [0.2, 0.25) is 0 Å². The molecule has 0 spiro atoms. The molecule has 204 valence electrons. The monoisotopic (exact) mass is 553 g/mol. The smallest absolute Gasteiger partial charge is 0.0737 e. The van der Waals surface area contributed by atoms with E-state index < -0.39 is 0 Å². The number of hydrogen-bond donors (Lipinski definition) is 3. The summed E-state index contributed by atoms with van der Waals surface area (Å²) in [5.41, 5.74) is 20.9. The molecule has 0 saturated carbocycles. The molecule has 43 heavy (non-hydrogen) atoms. The Labute approximate surface area is 248 Å². The molecular weight excluding hydrogens is 526 g/mol. The van der Waals surface area contributed by atoms with Gasteiger partial charge in [0.05, 0.1) is 39.5 Å². The second-order valence-corrected chi connectivity index (χ2v) is 10.7. The Morgan fingerprint density at radius 1 is 0.465 bits per heavy atom. The van der Waals surface area contributed by atoms with Crippen LogP contribution in [0.15, 0.2) is 115 Å². The maximum atomic E-state index is 6.99. The maximum Gasteiger partial charge on any atom is 0.0737 e. The second-order valence-electron chi connectivity index (χ2n) is 10.7. The van der Waals surface area contributed by atoms with Crippen LogP contribution in [0.1, 0.15) is 22.8 Å². The molecule has 2 aliphatic heterocycles. The number of aromatic amines is 2. The maximum absolute atomic E-state index is 6.99. The molecule has 6 aromatic rings. The number of rotatable bonds is 3. The molecule has 0 saturated heterocycles. The van der Waals surface area contributed by atoms with E-state index in [4.69, 9.17) is 15.7 Å². The number of aromatic nitrogens is 4. The molecule has 5 heterocycles. The number of nitrogen functional groups attached to an aromatic ring is 1. The Kier molecular flexibility index (Phi) is 5.86. The van der Waals surface area contributed by atoms with Crippen LogP contribution in [-0.2, 0) is 0 Å². The first kappa shape index (κ1) is 24.8. The van der Waals surface area contributed by atoms with Crippen LogP contribution in [0.5, 0.6) is 0 Å². The molecule has 0 aliphatic carbocycles. The molecule has 5 heteroatoms. The van der Waals surface area contributed by atoms with E-state index in [9.17, 15) is 0 Å². The Bertz CT molecular complexity index is 2220. The van der Waals surface area contributed by atoms with Gasteiger partial charge in [0.15, 0.2) is 0 Å². The normalized spacial score (nSPS) is 12.1. The van der Waals surface area contributed by atoms with Gasteiger partial charge in [0.25, 0.3) is 0 Å². The Balaban J connectivity index is 1.55. The minimum atomic E-state index is 0.669. The van der Waals surface area contributed by atoms with Crippen molar-refractivity contribution in [2.75, 3.05) is 5.73 Å². The highest BCUT2D eigenvalue weighted by Crippen LogP contribution is 2.40. The minimum Gasteiger partial charge on any atom is -0.396 e. The Hall–Kier alpha value is -5.94. The highest BCUT2D eigenvalue weighted by molar-refractivity contribution is 6.06. The highest BCUT2D eigenvalue weighted by atomic mass is 14.8. The van der Waals surface area contributed by atoms with E-state index in [-0.39, 0.29) is 0 Å². The molecule has 0 amide bonds. The molecule has 2 aliphatic rings. The zero-order valence-corrected chi connectivity index (χ0v) is 23.3. The van der Waals surface area contributed by atoms with Crippen LogP contribution in [0.3, 0.4) is 0 Å². The Morgan fingerprint density at radius 2 is 1.00 bits per heavy atom. The van der Waals surface area contributed by atoms with E-state index in [1.807, 2.05) is 42.5 Å². The van der Waals surface area contributed by atoms with Gasteiger partial charge < -0.3 is 15.7 Å². The first-order chi connectivity index (χ1) is 21.2. The number of nitrogens with one attached hydrogen (secondary N) is 2. The summed E-state index contributed by atoms with van der Waals surface area (Å²) in [7, 11) is 0. The van der Waals surface area contributed by atoms with Crippen molar-refractivity contribution in [3.63, 3.8) is 0 Å². The SMILES string of the molecule is Nc1c(-c2ccccc2)c2[nH]c1cc1nc(c(-c3ccccc3)c3ccc(cc4nc(c2-c2ccccc2)C=C4)[nH]3)C=C1. The summed E-state index contributed by atoms with van der Waals surface area (Å²) in [4.78, 5) is 17.5. The first-order valence-corrected chi connectivity index (χ1v) is 14.3. The lowest BCUT2D eigenvalue weighted by Gasteiger charge is -2.07. The van der Waals surface area contributed by atoms with Crippen LogP contribution < -0.4 is 5.73 Å². The Morgan fingerprint density at radius 3 is 1.63 bits per heavy atom. The zero-order chi connectivity index (χ0) is 28.8. The second kappa shape index (κ2) is 10.2. The summed E-state index contributed by atoms with van der Waals surface area (Å²) in [6.45, 7) is 0. The van der Waals surface area contributed by atoms with Crippen LogP contribution in [0.2, 0.25) is 0 Å². The number of nitrogens with zero attached hydrogens (tertiary/aromatic N) is 2. The van der Waals surface area contributed by atoms with Crippen LogP contribution >= 0.6 is 0 Å². The predicted octanol–water partition coefficient (Wildman–Crippen LogP) is 9.24. The van der Waals surface area contributed by atoms with Crippen molar-refractivity contribution in [1.82, 2.24) is 19.9 Å². The van der Waals surface area contributed by atoms with Crippen molar-refractivity contribution in [3.05, 3.63) is 138 Å². The largest absolute Gasteiger partial charge is 0.396 e. The lowest BCUT2D eigenvalue weighted by atomic mass is 9.98. The standard InChI is InChI=1S/C38H27N5/c39-37-33-23-29-18-20-31(42-29)34(24-10-4-1-5-11-24)30-19-16-27(40-30)22-28-17-21-32(41-28)35(25-12-6-2-7-13-25)38(43-33)36(37)26-14-8-3-9-15-26/h1-23,40,43H,39H2. The molecule has 0 atom stereocenters. The third-order valence-electron chi connectivity index (χ3n) is 7.92. The van der Waals surface area contributed by atoms with Crippen molar-refractivity contribution >= 4 is 52.1 Å². The summed E-state index contributed by atoms with van der Waals surface area (Å²) in [6, 6.07) is 39.3. The van der Waals surface area contributed by atoms with E-state index in [2.05, 4.69) is 107 Å².